The van der Waals surface area contributed by atoms with Gasteiger partial charge in [0.15, 0.2) is 0 Å². The van der Waals surface area contributed by atoms with E-state index in [1.54, 1.807) is 0 Å². The molecular weight excluding hydrogens is 232 g/mol. The van der Waals surface area contributed by atoms with Crippen molar-refractivity contribution in [2.24, 2.45) is 17.6 Å². The smallest absolute Gasteiger partial charge is 0.0333 e. The van der Waals surface area contributed by atoms with Crippen LogP contribution in [0, 0.1) is 11.8 Å². The molecule has 0 saturated carbocycles. The predicted molar refractivity (Wildman–Crippen MR) is 82.0 cm³/mol. The molecule has 2 heteroatoms. The third kappa shape index (κ3) is 4.32. The van der Waals surface area contributed by atoms with E-state index in [1.807, 2.05) is 0 Å². The second kappa shape index (κ2) is 7.06. The summed E-state index contributed by atoms with van der Waals surface area (Å²) in [6.45, 7) is 8.28. The molecule has 1 aromatic carbocycles. The van der Waals surface area contributed by atoms with Gasteiger partial charge in [-0.1, -0.05) is 44.2 Å². The van der Waals surface area contributed by atoms with E-state index in [0.717, 1.165) is 12.5 Å². The van der Waals surface area contributed by atoms with Gasteiger partial charge in [-0.25, -0.2) is 0 Å². The Hall–Kier alpha value is -0.860. The molecule has 0 spiro atoms. The van der Waals surface area contributed by atoms with Crippen LogP contribution in [0.15, 0.2) is 30.3 Å². The van der Waals surface area contributed by atoms with Crippen molar-refractivity contribution in [3.63, 3.8) is 0 Å². The number of hydrogen-bond donors (Lipinski definition) is 1. The van der Waals surface area contributed by atoms with Crippen molar-refractivity contribution in [1.82, 2.24) is 4.90 Å². The maximum absolute atomic E-state index is 6.40. The van der Waals surface area contributed by atoms with Crippen molar-refractivity contribution < 1.29 is 0 Å². The first kappa shape index (κ1) is 14.5. The van der Waals surface area contributed by atoms with Crippen molar-refractivity contribution in [1.29, 1.82) is 0 Å². The summed E-state index contributed by atoms with van der Waals surface area (Å²) in [5.41, 5.74) is 7.66. The second-order valence-electron chi connectivity index (χ2n) is 6.25. The van der Waals surface area contributed by atoms with Crippen LogP contribution in [0.2, 0.25) is 0 Å². The molecule has 0 radical (unpaired) electrons. The summed E-state index contributed by atoms with van der Waals surface area (Å²) in [6.07, 6.45) is 4.07. The Morgan fingerprint density at radius 1 is 1.21 bits per heavy atom. The molecule has 0 bridgehead atoms. The zero-order valence-electron chi connectivity index (χ0n) is 12.4. The van der Waals surface area contributed by atoms with Gasteiger partial charge in [-0.2, -0.15) is 0 Å². The van der Waals surface area contributed by atoms with Crippen molar-refractivity contribution in [2.45, 2.75) is 39.2 Å². The first-order valence-electron chi connectivity index (χ1n) is 7.69. The third-order valence-electron chi connectivity index (χ3n) is 4.45. The summed E-state index contributed by atoms with van der Waals surface area (Å²) in [5.74, 6) is 1.40. The minimum atomic E-state index is 0.155. The molecular formula is C17H28N2. The quantitative estimate of drug-likeness (QED) is 0.898. The minimum Gasteiger partial charge on any atom is -0.324 e. The van der Waals surface area contributed by atoms with Gasteiger partial charge in [0.25, 0.3) is 0 Å². The highest BCUT2D eigenvalue weighted by Gasteiger charge is 2.20. The lowest BCUT2D eigenvalue weighted by Crippen LogP contribution is -2.34. The van der Waals surface area contributed by atoms with Crippen molar-refractivity contribution in [3.05, 3.63) is 35.9 Å². The topological polar surface area (TPSA) is 29.3 Å². The monoisotopic (exact) mass is 260 g/mol. The van der Waals surface area contributed by atoms with Crippen LogP contribution in [-0.2, 0) is 0 Å². The Morgan fingerprint density at radius 3 is 2.68 bits per heavy atom. The molecule has 2 N–H and O–H groups in total. The number of hydrogen-bond acceptors (Lipinski definition) is 2. The Labute approximate surface area is 118 Å². The Bertz CT molecular complexity index is 363. The van der Waals surface area contributed by atoms with Gasteiger partial charge in [0, 0.05) is 12.6 Å². The van der Waals surface area contributed by atoms with E-state index in [2.05, 4.69) is 49.1 Å². The lowest BCUT2D eigenvalue weighted by Gasteiger charge is -2.28. The SMILES string of the molecule is CC1CCCN(CC(C)C(N)c2ccccc2)CC1. The summed E-state index contributed by atoms with van der Waals surface area (Å²) in [5, 5.41) is 0. The summed E-state index contributed by atoms with van der Waals surface area (Å²) in [6, 6.07) is 10.7. The first-order chi connectivity index (χ1) is 9.16. The lowest BCUT2D eigenvalue weighted by molar-refractivity contribution is 0.228. The molecule has 1 aliphatic rings. The van der Waals surface area contributed by atoms with E-state index in [-0.39, 0.29) is 6.04 Å². The maximum atomic E-state index is 6.40. The normalized spacial score (nSPS) is 24.7. The Morgan fingerprint density at radius 2 is 1.95 bits per heavy atom. The van der Waals surface area contributed by atoms with E-state index >= 15 is 0 Å². The van der Waals surface area contributed by atoms with Gasteiger partial charge < -0.3 is 10.6 Å². The van der Waals surface area contributed by atoms with Crippen LogP contribution in [0.25, 0.3) is 0 Å². The largest absolute Gasteiger partial charge is 0.324 e. The van der Waals surface area contributed by atoms with E-state index in [9.17, 15) is 0 Å². The molecule has 0 amide bonds. The summed E-state index contributed by atoms with van der Waals surface area (Å²) < 4.78 is 0. The van der Waals surface area contributed by atoms with Gasteiger partial charge in [0.2, 0.25) is 0 Å². The van der Waals surface area contributed by atoms with Gasteiger partial charge in [-0.3, -0.25) is 0 Å². The minimum absolute atomic E-state index is 0.155. The number of benzene rings is 1. The summed E-state index contributed by atoms with van der Waals surface area (Å²) in [7, 11) is 0. The van der Waals surface area contributed by atoms with E-state index in [0.29, 0.717) is 5.92 Å². The van der Waals surface area contributed by atoms with Gasteiger partial charge in [-0.05, 0) is 49.8 Å². The fourth-order valence-electron chi connectivity index (χ4n) is 3.03. The highest BCUT2D eigenvalue weighted by molar-refractivity contribution is 5.19. The van der Waals surface area contributed by atoms with Crippen LogP contribution in [0.4, 0.5) is 0 Å². The third-order valence-corrected chi connectivity index (χ3v) is 4.45. The average molecular weight is 260 g/mol. The molecule has 1 aliphatic heterocycles. The van der Waals surface area contributed by atoms with Crippen molar-refractivity contribution in [2.75, 3.05) is 19.6 Å². The average Bonchev–Trinajstić information content (AvgIpc) is 2.64. The van der Waals surface area contributed by atoms with Crippen molar-refractivity contribution in [3.8, 4) is 0 Å². The predicted octanol–water partition coefficient (Wildman–Crippen LogP) is 3.44. The van der Waals surface area contributed by atoms with Gasteiger partial charge in [0.05, 0.1) is 0 Å². The molecule has 1 fully saturated rings. The van der Waals surface area contributed by atoms with Crippen LogP contribution in [0.3, 0.4) is 0 Å². The highest BCUT2D eigenvalue weighted by atomic mass is 15.1. The number of rotatable bonds is 4. The molecule has 3 unspecified atom stereocenters. The molecule has 0 aromatic heterocycles. The standard InChI is InChI=1S/C17H28N2/c1-14-7-6-11-19(12-10-14)13-15(2)17(18)16-8-4-3-5-9-16/h3-5,8-9,14-15,17H,6-7,10-13,18H2,1-2H3. The van der Waals surface area contributed by atoms with Gasteiger partial charge in [0.1, 0.15) is 0 Å². The van der Waals surface area contributed by atoms with Crippen molar-refractivity contribution >= 4 is 0 Å². The van der Waals surface area contributed by atoms with Crippen LogP contribution in [0.1, 0.15) is 44.7 Å². The Kier molecular flexibility index (Phi) is 5.41. The number of likely N-dealkylation sites (tertiary alicyclic amines) is 1. The molecule has 1 saturated heterocycles. The molecule has 0 aliphatic carbocycles. The molecule has 106 valence electrons. The van der Waals surface area contributed by atoms with Crippen LogP contribution in [-0.4, -0.2) is 24.5 Å². The van der Waals surface area contributed by atoms with E-state index in [1.165, 1.54) is 37.9 Å². The fourth-order valence-corrected chi connectivity index (χ4v) is 3.03. The van der Waals surface area contributed by atoms with E-state index < -0.39 is 0 Å². The van der Waals surface area contributed by atoms with Gasteiger partial charge >= 0.3 is 0 Å². The highest BCUT2D eigenvalue weighted by Crippen LogP contribution is 2.22. The molecule has 1 heterocycles. The van der Waals surface area contributed by atoms with Gasteiger partial charge in [-0.15, -0.1) is 0 Å². The first-order valence-corrected chi connectivity index (χ1v) is 7.69. The fraction of sp³-hybridized carbons (Fsp3) is 0.647. The molecule has 1 aromatic rings. The molecule has 2 rings (SSSR count). The lowest BCUT2D eigenvalue weighted by atomic mass is 9.95. The number of nitrogens with zero attached hydrogens (tertiary/aromatic N) is 1. The van der Waals surface area contributed by atoms with Crippen LogP contribution in [0.5, 0.6) is 0 Å². The second-order valence-corrected chi connectivity index (χ2v) is 6.25. The molecule has 3 atom stereocenters. The molecule has 19 heavy (non-hydrogen) atoms. The van der Waals surface area contributed by atoms with Crippen LogP contribution < -0.4 is 5.73 Å². The summed E-state index contributed by atoms with van der Waals surface area (Å²) >= 11 is 0. The van der Waals surface area contributed by atoms with E-state index in [4.69, 9.17) is 5.73 Å². The van der Waals surface area contributed by atoms with Crippen LogP contribution >= 0.6 is 0 Å². The maximum Gasteiger partial charge on any atom is 0.0333 e. The number of nitrogens with two attached hydrogens (primary N) is 1. The zero-order valence-corrected chi connectivity index (χ0v) is 12.4. The Balaban J connectivity index is 1.88. The summed E-state index contributed by atoms with van der Waals surface area (Å²) in [4.78, 5) is 2.61. The zero-order chi connectivity index (χ0) is 13.7. The molecule has 2 nitrogen and oxygen atoms in total.